The van der Waals surface area contributed by atoms with Crippen molar-refractivity contribution in [3.8, 4) is 11.5 Å². The van der Waals surface area contributed by atoms with Crippen LogP contribution in [0.5, 0.6) is 11.5 Å². The molecule has 0 fully saturated rings. The van der Waals surface area contributed by atoms with Gasteiger partial charge in [0.1, 0.15) is 6.61 Å². The van der Waals surface area contributed by atoms with Crippen LogP contribution in [0.4, 0.5) is 0 Å². The molecule has 0 bridgehead atoms. The average molecular weight is 426 g/mol. The van der Waals surface area contributed by atoms with Crippen molar-refractivity contribution in [3.05, 3.63) is 58.6 Å². The number of hydrogen-bond donors (Lipinski definition) is 1. The Labute approximate surface area is 181 Å². The normalized spacial score (nSPS) is 10.4. The van der Waals surface area contributed by atoms with E-state index in [9.17, 15) is 0 Å². The second kappa shape index (κ2) is 14.6. The molecule has 0 radical (unpaired) electrons. The van der Waals surface area contributed by atoms with Crippen molar-refractivity contribution in [3.63, 3.8) is 0 Å². The van der Waals surface area contributed by atoms with Gasteiger partial charge in [0.2, 0.25) is 0 Å². The van der Waals surface area contributed by atoms with Gasteiger partial charge in [-0.1, -0.05) is 74.9 Å². The molecule has 2 aromatic rings. The zero-order valence-electron chi connectivity index (χ0n) is 17.0. The molecule has 5 heteroatoms. The summed E-state index contributed by atoms with van der Waals surface area (Å²) in [6.45, 7) is 4.55. The fourth-order valence-corrected chi connectivity index (χ4v) is 3.14. The molecule has 0 saturated heterocycles. The van der Waals surface area contributed by atoms with Gasteiger partial charge in [-0.2, -0.15) is 0 Å². The number of halogens is 2. The van der Waals surface area contributed by atoms with Crippen LogP contribution in [0.2, 0.25) is 5.02 Å². The molecule has 0 saturated carbocycles. The number of methoxy groups -OCH3 is 1. The van der Waals surface area contributed by atoms with Crippen molar-refractivity contribution in [2.75, 3.05) is 13.7 Å². The highest BCUT2D eigenvalue weighted by Gasteiger charge is 2.10. The third-order valence-electron chi connectivity index (χ3n) is 4.60. The molecule has 0 aliphatic rings. The highest BCUT2D eigenvalue weighted by Crippen LogP contribution is 2.32. The van der Waals surface area contributed by atoms with E-state index < -0.39 is 0 Å². The fourth-order valence-electron chi connectivity index (χ4n) is 3.01. The van der Waals surface area contributed by atoms with Crippen LogP contribution in [0.25, 0.3) is 0 Å². The zero-order valence-corrected chi connectivity index (χ0v) is 18.6. The van der Waals surface area contributed by atoms with Crippen LogP contribution in [0.3, 0.4) is 0 Å². The number of ether oxygens (including phenoxy) is 2. The lowest BCUT2D eigenvalue weighted by Crippen LogP contribution is -2.15. The van der Waals surface area contributed by atoms with E-state index in [0.717, 1.165) is 40.7 Å². The number of nitrogens with one attached hydrogen (secondary N) is 1. The molecule has 28 heavy (non-hydrogen) atoms. The largest absolute Gasteiger partial charge is 0.493 e. The van der Waals surface area contributed by atoms with Crippen molar-refractivity contribution in [2.45, 2.75) is 58.6 Å². The summed E-state index contributed by atoms with van der Waals surface area (Å²) in [6, 6.07) is 13.8. The van der Waals surface area contributed by atoms with E-state index in [-0.39, 0.29) is 12.4 Å². The van der Waals surface area contributed by atoms with E-state index in [0.29, 0.717) is 6.61 Å². The third-order valence-corrected chi connectivity index (χ3v) is 4.85. The van der Waals surface area contributed by atoms with Gasteiger partial charge in [-0.3, -0.25) is 0 Å². The summed E-state index contributed by atoms with van der Waals surface area (Å²) in [6.07, 6.45) is 7.86. The molecule has 0 atom stereocenters. The zero-order chi connectivity index (χ0) is 19.3. The summed E-state index contributed by atoms with van der Waals surface area (Å²) in [5.41, 5.74) is 2.20. The van der Waals surface area contributed by atoms with Gasteiger partial charge in [0.15, 0.2) is 11.5 Å². The first-order valence-electron chi connectivity index (χ1n) is 9.98. The van der Waals surface area contributed by atoms with Crippen LogP contribution < -0.4 is 14.8 Å². The van der Waals surface area contributed by atoms with Crippen LogP contribution in [-0.4, -0.2) is 13.7 Å². The molecule has 0 amide bonds. The summed E-state index contributed by atoms with van der Waals surface area (Å²) < 4.78 is 11.6. The third kappa shape index (κ3) is 8.72. The van der Waals surface area contributed by atoms with E-state index in [1.54, 1.807) is 7.11 Å². The molecule has 0 aliphatic heterocycles. The first-order valence-corrected chi connectivity index (χ1v) is 10.4. The lowest BCUT2D eigenvalue weighted by atomic mass is 10.1. The second-order valence-corrected chi connectivity index (χ2v) is 7.24. The Morgan fingerprint density at radius 3 is 2.36 bits per heavy atom. The molecule has 0 heterocycles. The second-order valence-electron chi connectivity index (χ2n) is 6.81. The van der Waals surface area contributed by atoms with Gasteiger partial charge in [-0.15, -0.1) is 12.4 Å². The number of benzene rings is 2. The minimum atomic E-state index is 0. The molecule has 0 spiro atoms. The lowest BCUT2D eigenvalue weighted by Gasteiger charge is -2.16. The maximum atomic E-state index is 6.10. The van der Waals surface area contributed by atoms with Crippen LogP contribution in [0.1, 0.15) is 56.6 Å². The van der Waals surface area contributed by atoms with Gasteiger partial charge in [-0.25, -0.2) is 0 Å². The summed E-state index contributed by atoms with van der Waals surface area (Å²) in [4.78, 5) is 0. The summed E-state index contributed by atoms with van der Waals surface area (Å²) in [5, 5.41) is 4.27. The number of hydrogen-bond acceptors (Lipinski definition) is 3. The predicted molar refractivity (Wildman–Crippen MR) is 121 cm³/mol. The maximum Gasteiger partial charge on any atom is 0.166 e. The Hall–Kier alpha value is -1.42. The monoisotopic (exact) mass is 425 g/mol. The predicted octanol–water partition coefficient (Wildman–Crippen LogP) is 6.80. The first kappa shape index (κ1) is 24.6. The van der Waals surface area contributed by atoms with Crippen LogP contribution in [0.15, 0.2) is 42.5 Å². The minimum absolute atomic E-state index is 0. The quantitative estimate of drug-likeness (QED) is 0.357. The summed E-state index contributed by atoms with van der Waals surface area (Å²) in [7, 11) is 1.68. The molecule has 0 aliphatic carbocycles. The van der Waals surface area contributed by atoms with Gasteiger partial charge in [-0.05, 0) is 36.7 Å². The van der Waals surface area contributed by atoms with Crippen molar-refractivity contribution in [1.29, 1.82) is 0 Å². The van der Waals surface area contributed by atoms with E-state index >= 15 is 0 Å². The van der Waals surface area contributed by atoms with E-state index in [1.807, 2.05) is 36.4 Å². The van der Waals surface area contributed by atoms with Gasteiger partial charge in [0, 0.05) is 17.1 Å². The van der Waals surface area contributed by atoms with Crippen molar-refractivity contribution in [1.82, 2.24) is 5.32 Å². The fraction of sp³-hybridized carbons (Fsp3) is 0.478. The Morgan fingerprint density at radius 1 is 0.929 bits per heavy atom. The molecular formula is C23H33Cl2NO2. The molecule has 1 N–H and O–H groups in total. The molecule has 0 aromatic heterocycles. The van der Waals surface area contributed by atoms with E-state index in [1.165, 1.54) is 38.5 Å². The van der Waals surface area contributed by atoms with Gasteiger partial charge < -0.3 is 14.8 Å². The van der Waals surface area contributed by atoms with E-state index in [2.05, 4.69) is 18.3 Å². The van der Waals surface area contributed by atoms with E-state index in [4.69, 9.17) is 21.1 Å². The average Bonchev–Trinajstić information content (AvgIpc) is 2.69. The van der Waals surface area contributed by atoms with Crippen LogP contribution in [0, 0.1) is 0 Å². The molecule has 0 unspecified atom stereocenters. The van der Waals surface area contributed by atoms with Gasteiger partial charge in [0.25, 0.3) is 0 Å². The topological polar surface area (TPSA) is 30.5 Å². The molecular weight excluding hydrogens is 393 g/mol. The highest BCUT2D eigenvalue weighted by atomic mass is 35.5. The number of rotatable bonds is 13. The first-order chi connectivity index (χ1) is 13.2. The van der Waals surface area contributed by atoms with Crippen LogP contribution in [-0.2, 0) is 13.2 Å². The summed E-state index contributed by atoms with van der Waals surface area (Å²) >= 11 is 5.95. The Morgan fingerprint density at radius 2 is 1.64 bits per heavy atom. The Bertz CT molecular complexity index is 662. The van der Waals surface area contributed by atoms with Crippen molar-refractivity contribution < 1.29 is 9.47 Å². The van der Waals surface area contributed by atoms with Gasteiger partial charge >= 0.3 is 0 Å². The SMILES string of the molecule is CCCCCCCCNCc1cccc(OC)c1OCc1ccc(Cl)cc1.Cl. The van der Waals surface area contributed by atoms with Crippen LogP contribution >= 0.6 is 24.0 Å². The smallest absolute Gasteiger partial charge is 0.166 e. The van der Waals surface area contributed by atoms with Crippen molar-refractivity contribution in [2.24, 2.45) is 0 Å². The number of unbranched alkanes of at least 4 members (excludes halogenated alkanes) is 5. The molecule has 3 nitrogen and oxygen atoms in total. The number of para-hydroxylation sites is 1. The standard InChI is InChI=1S/C23H32ClNO2.ClH/c1-3-4-5-6-7-8-16-25-17-20-10-9-11-22(26-2)23(20)27-18-19-12-14-21(24)15-13-19;/h9-15,25H,3-8,16-18H2,1-2H3;1H. The molecule has 156 valence electrons. The van der Waals surface area contributed by atoms with Gasteiger partial charge in [0.05, 0.1) is 7.11 Å². The Balaban J connectivity index is 0.00000392. The Kier molecular flexibility index (Phi) is 12.8. The molecule has 2 aromatic carbocycles. The highest BCUT2D eigenvalue weighted by molar-refractivity contribution is 6.30. The summed E-state index contributed by atoms with van der Waals surface area (Å²) in [5.74, 6) is 1.58. The van der Waals surface area contributed by atoms with Crippen molar-refractivity contribution >= 4 is 24.0 Å². The maximum absolute atomic E-state index is 6.10. The minimum Gasteiger partial charge on any atom is -0.493 e. The molecule has 2 rings (SSSR count). The lowest BCUT2D eigenvalue weighted by molar-refractivity contribution is 0.280.